The van der Waals surface area contributed by atoms with E-state index in [2.05, 4.69) is 20.8 Å². The smallest absolute Gasteiger partial charge is 0.309 e. The summed E-state index contributed by atoms with van der Waals surface area (Å²) in [6, 6.07) is 0. The minimum Gasteiger partial charge on any atom is -0.481 e. The molecule has 4 saturated heterocycles. The number of rotatable bonds is 12. The van der Waals surface area contributed by atoms with Crippen molar-refractivity contribution in [2.45, 2.75) is 199 Å². The van der Waals surface area contributed by atoms with Crippen molar-refractivity contribution in [2.75, 3.05) is 0 Å². The number of carbonyl (C=O) groups is 2. The molecule has 0 aromatic carbocycles. The largest absolute Gasteiger partial charge is 0.481 e. The summed E-state index contributed by atoms with van der Waals surface area (Å²) < 4.78 is 33.5. The molecule has 4 N–H and O–H groups in total. The number of aliphatic carboxylic acids is 1. The van der Waals surface area contributed by atoms with E-state index in [0.717, 1.165) is 6.42 Å². The van der Waals surface area contributed by atoms with Gasteiger partial charge in [0.2, 0.25) is 5.79 Å². The number of hydrogen-bond acceptors (Lipinski definition) is 10. The van der Waals surface area contributed by atoms with E-state index in [4.69, 9.17) is 23.7 Å². The second-order valence-electron chi connectivity index (χ2n) is 17.9. The van der Waals surface area contributed by atoms with Crippen LogP contribution in [0.4, 0.5) is 0 Å². The predicted octanol–water partition coefficient (Wildman–Crippen LogP) is 6.19. The Balaban J connectivity index is 1.31. The monoisotopic (exact) mass is 750 g/mol. The van der Waals surface area contributed by atoms with Gasteiger partial charge in [0.15, 0.2) is 5.79 Å². The Morgan fingerprint density at radius 2 is 1.57 bits per heavy atom. The maximum absolute atomic E-state index is 14.4. The number of aliphatic hydroxyl groups excluding tert-OH is 2. The molecule has 1 unspecified atom stereocenters. The summed E-state index contributed by atoms with van der Waals surface area (Å²) in [5.74, 6) is -5.78. The summed E-state index contributed by atoms with van der Waals surface area (Å²) in [6.07, 6.45) is 5.51. The average molecular weight is 751 g/mol. The molecule has 304 valence electrons. The van der Waals surface area contributed by atoms with Gasteiger partial charge in [0.05, 0.1) is 53.7 Å². The van der Waals surface area contributed by atoms with Crippen LogP contribution in [0.2, 0.25) is 0 Å². The van der Waals surface area contributed by atoms with Gasteiger partial charge in [0.25, 0.3) is 0 Å². The normalized spacial score (nSPS) is 46.2. The molecule has 0 aliphatic carbocycles. The fourth-order valence-corrected chi connectivity index (χ4v) is 10.5. The van der Waals surface area contributed by atoms with Crippen molar-refractivity contribution < 1.29 is 53.7 Å². The lowest BCUT2D eigenvalue weighted by Gasteiger charge is -2.54. The quantitative estimate of drug-likeness (QED) is 0.169. The van der Waals surface area contributed by atoms with Crippen LogP contribution >= 0.6 is 0 Å². The molecule has 5 aliphatic heterocycles. The Bertz CT molecular complexity index is 1320. The van der Waals surface area contributed by atoms with E-state index < -0.39 is 76.8 Å². The Morgan fingerprint density at radius 3 is 2.17 bits per heavy atom. The van der Waals surface area contributed by atoms with Crippen LogP contribution in [0, 0.1) is 41.4 Å². The highest BCUT2D eigenvalue weighted by Gasteiger charge is 2.63. The van der Waals surface area contributed by atoms with Gasteiger partial charge in [0, 0.05) is 30.1 Å². The average Bonchev–Trinajstić information content (AvgIpc) is 3.47. The zero-order valence-electron chi connectivity index (χ0n) is 34.0. The minimum absolute atomic E-state index is 0.0137. The molecule has 2 spiro atoms. The Hall–Kier alpha value is -1.44. The molecule has 0 aromatic rings. The van der Waals surface area contributed by atoms with Gasteiger partial charge < -0.3 is 44.1 Å². The van der Waals surface area contributed by atoms with E-state index in [1.165, 1.54) is 0 Å². The van der Waals surface area contributed by atoms with E-state index in [-0.39, 0.29) is 41.8 Å². The van der Waals surface area contributed by atoms with Crippen LogP contribution in [0.15, 0.2) is 12.2 Å². The number of Topliss-reactive ketones (excluding diaryl/α,β-unsaturated/α-hetero) is 1. The van der Waals surface area contributed by atoms with Gasteiger partial charge in [0.1, 0.15) is 11.9 Å². The molecule has 53 heavy (non-hydrogen) atoms. The molecule has 0 aromatic heterocycles. The van der Waals surface area contributed by atoms with Crippen molar-refractivity contribution in [3.8, 4) is 0 Å². The second kappa shape index (κ2) is 16.2. The second-order valence-corrected chi connectivity index (χ2v) is 17.9. The molecule has 5 rings (SSSR count). The SMILES string of the molecule is CC[C@H](C(=O)[C@@H](C)[C@@H](O)[C@H](C)[C@@H]1OC([C@@H](CC)C(=O)O)CC[C@@H]1C)[C@H]1O[C@@]2(C=C[C@@H](O)[C@@]3(CC[C@@](C)([C@H]4CC[C@](O)(CC)[C@H](C)O4)O3)O2)[C@H](C)C[C@@H]1C. The van der Waals surface area contributed by atoms with Crippen LogP contribution in [-0.2, 0) is 33.3 Å². The fraction of sp³-hybridized carbons (Fsp3) is 0.905. The fourth-order valence-electron chi connectivity index (χ4n) is 10.5. The zero-order valence-corrected chi connectivity index (χ0v) is 34.0. The molecular weight excluding hydrogens is 680 g/mol. The molecule has 0 bridgehead atoms. The molecule has 5 aliphatic rings. The molecule has 4 fully saturated rings. The molecule has 11 nitrogen and oxygen atoms in total. The van der Waals surface area contributed by atoms with Crippen molar-refractivity contribution in [1.29, 1.82) is 0 Å². The van der Waals surface area contributed by atoms with Crippen molar-refractivity contribution in [2.24, 2.45) is 41.4 Å². The minimum atomic E-state index is -1.37. The van der Waals surface area contributed by atoms with Gasteiger partial charge in [-0.2, -0.15) is 0 Å². The summed E-state index contributed by atoms with van der Waals surface area (Å²) in [5, 5.41) is 44.0. The molecule has 5 heterocycles. The van der Waals surface area contributed by atoms with Crippen LogP contribution in [0.1, 0.15) is 133 Å². The molecule has 0 amide bonds. The topological polar surface area (TPSA) is 161 Å². The molecular formula is C42H70O11. The zero-order chi connectivity index (χ0) is 39.3. The number of aliphatic hydroxyl groups is 3. The summed E-state index contributed by atoms with van der Waals surface area (Å²) >= 11 is 0. The van der Waals surface area contributed by atoms with Crippen LogP contribution in [0.25, 0.3) is 0 Å². The summed E-state index contributed by atoms with van der Waals surface area (Å²) in [4.78, 5) is 26.4. The Morgan fingerprint density at radius 1 is 0.887 bits per heavy atom. The van der Waals surface area contributed by atoms with E-state index >= 15 is 0 Å². The highest BCUT2D eigenvalue weighted by Crippen LogP contribution is 2.54. The molecule has 0 radical (unpaired) electrons. The first kappa shape index (κ1) is 42.7. The number of ether oxygens (including phenoxy) is 5. The maximum atomic E-state index is 14.4. The van der Waals surface area contributed by atoms with E-state index in [9.17, 15) is 30.0 Å². The lowest BCUT2D eigenvalue weighted by molar-refractivity contribution is -0.409. The van der Waals surface area contributed by atoms with E-state index in [1.807, 2.05) is 41.5 Å². The molecule has 18 atom stereocenters. The number of carboxylic acid groups (broad SMARTS) is 1. The third kappa shape index (κ3) is 7.94. The first-order chi connectivity index (χ1) is 24.8. The Labute approximate surface area is 317 Å². The van der Waals surface area contributed by atoms with Crippen molar-refractivity contribution in [3.63, 3.8) is 0 Å². The molecule has 11 heteroatoms. The lowest BCUT2D eigenvalue weighted by Crippen LogP contribution is -2.63. The van der Waals surface area contributed by atoms with E-state index in [0.29, 0.717) is 57.8 Å². The van der Waals surface area contributed by atoms with Crippen LogP contribution in [-0.4, -0.2) is 97.7 Å². The van der Waals surface area contributed by atoms with Crippen LogP contribution < -0.4 is 0 Å². The standard InChI is InChI=1S/C42H70O11/c1-11-29(38(46)47)31-15-14-23(4)36(50-31)27(8)34(44)26(7)35(45)30(12-2)37-24(5)22-25(6)41(51-37)19-16-32(43)42(53-41)21-20-39(10,52-42)33-17-18-40(48,13-3)28(9)49-33/h16,19,23-34,36-37,43-44,48H,11-15,17-18,20-22H2,1-10H3,(H,46,47)/t23-,24-,25+,26-,27-,28-,29+,30+,31?,32+,33+,34+,36+,37-,39-,40+,41+,42+/m0/s1. The highest BCUT2D eigenvalue weighted by atomic mass is 16.8. The summed E-state index contributed by atoms with van der Waals surface area (Å²) in [6.45, 7) is 19.6. The first-order valence-electron chi connectivity index (χ1n) is 20.7. The number of ketones is 1. The number of carbonyl (C=O) groups excluding carboxylic acids is 1. The predicted molar refractivity (Wildman–Crippen MR) is 199 cm³/mol. The van der Waals surface area contributed by atoms with Gasteiger partial charge in [-0.15, -0.1) is 0 Å². The first-order valence-corrected chi connectivity index (χ1v) is 20.7. The van der Waals surface area contributed by atoms with Crippen molar-refractivity contribution in [3.05, 3.63) is 12.2 Å². The van der Waals surface area contributed by atoms with Gasteiger partial charge in [-0.3, -0.25) is 9.59 Å². The third-order valence-electron chi connectivity index (χ3n) is 14.4. The van der Waals surface area contributed by atoms with Gasteiger partial charge in [-0.25, -0.2) is 0 Å². The van der Waals surface area contributed by atoms with Crippen molar-refractivity contribution >= 4 is 11.8 Å². The van der Waals surface area contributed by atoms with Gasteiger partial charge in [-0.05, 0) is 95.6 Å². The van der Waals surface area contributed by atoms with Crippen LogP contribution in [0.3, 0.4) is 0 Å². The number of carboxylic acids is 1. The summed E-state index contributed by atoms with van der Waals surface area (Å²) in [5.41, 5.74) is -1.63. The summed E-state index contributed by atoms with van der Waals surface area (Å²) in [7, 11) is 0. The lowest BCUT2D eigenvalue weighted by atomic mass is 9.72. The number of hydrogen-bond donors (Lipinski definition) is 4. The van der Waals surface area contributed by atoms with Gasteiger partial charge >= 0.3 is 5.97 Å². The van der Waals surface area contributed by atoms with Gasteiger partial charge in [-0.1, -0.05) is 55.4 Å². The van der Waals surface area contributed by atoms with Crippen LogP contribution in [0.5, 0.6) is 0 Å². The Kier molecular flexibility index (Phi) is 13.0. The van der Waals surface area contributed by atoms with E-state index in [1.54, 1.807) is 19.1 Å². The molecule has 0 saturated carbocycles. The maximum Gasteiger partial charge on any atom is 0.309 e. The van der Waals surface area contributed by atoms with Crippen molar-refractivity contribution in [1.82, 2.24) is 0 Å². The highest BCUT2D eigenvalue weighted by molar-refractivity contribution is 5.84. The third-order valence-corrected chi connectivity index (χ3v) is 14.4.